The van der Waals surface area contributed by atoms with Crippen LogP contribution in [0.5, 0.6) is 5.75 Å². The number of nitrogens with zero attached hydrogens (tertiary/aromatic N) is 2. The van der Waals surface area contributed by atoms with Gasteiger partial charge in [0, 0.05) is 23.6 Å². The zero-order valence-electron chi connectivity index (χ0n) is 10.7. The lowest BCUT2D eigenvalue weighted by Crippen LogP contribution is -2.21. The number of fused-ring (bicyclic) bond motifs is 3. The van der Waals surface area contributed by atoms with E-state index in [-0.39, 0.29) is 5.56 Å². The maximum absolute atomic E-state index is 12.7. The standard InChI is InChI=1S/C16H12N2O2/c19-16-14-12(8-10-20-14)13-7-4-9-17-15(13)18(16)11-5-2-1-3-6-11/h1-7,9H,8,10H2. The molecule has 0 atom stereocenters. The molecule has 3 aromatic rings. The molecule has 1 aliphatic heterocycles. The lowest BCUT2D eigenvalue weighted by molar-refractivity contribution is 0.351. The average molecular weight is 264 g/mol. The van der Waals surface area contributed by atoms with E-state index >= 15 is 0 Å². The summed E-state index contributed by atoms with van der Waals surface area (Å²) in [6.07, 6.45) is 2.48. The first-order chi connectivity index (χ1) is 9.86. The fourth-order valence-electron chi connectivity index (χ4n) is 2.73. The van der Waals surface area contributed by atoms with Gasteiger partial charge in [-0.1, -0.05) is 18.2 Å². The summed E-state index contributed by atoms with van der Waals surface area (Å²) in [4.78, 5) is 17.1. The smallest absolute Gasteiger partial charge is 0.299 e. The number of pyridine rings is 2. The molecular weight excluding hydrogens is 252 g/mol. The van der Waals surface area contributed by atoms with E-state index in [0.29, 0.717) is 18.0 Å². The average Bonchev–Trinajstić information content (AvgIpc) is 2.99. The predicted octanol–water partition coefficient (Wildman–Crippen LogP) is 2.32. The molecule has 98 valence electrons. The summed E-state index contributed by atoms with van der Waals surface area (Å²) in [5.41, 5.74) is 2.34. The molecule has 0 radical (unpaired) electrons. The number of ether oxygens (including phenoxy) is 1. The molecule has 0 spiro atoms. The Labute approximate surface area is 115 Å². The SMILES string of the molecule is O=c1c2c(c3cccnc3n1-c1ccccc1)CCO2. The van der Waals surface area contributed by atoms with Gasteiger partial charge in [-0.15, -0.1) is 0 Å². The van der Waals surface area contributed by atoms with Crippen LogP contribution in [0.25, 0.3) is 16.7 Å². The zero-order valence-corrected chi connectivity index (χ0v) is 10.7. The molecule has 4 nitrogen and oxygen atoms in total. The molecule has 0 N–H and O–H groups in total. The second-order valence-corrected chi connectivity index (χ2v) is 4.76. The summed E-state index contributed by atoms with van der Waals surface area (Å²) in [6, 6.07) is 13.4. The van der Waals surface area contributed by atoms with Crippen molar-refractivity contribution in [3.05, 3.63) is 64.6 Å². The first kappa shape index (κ1) is 11.2. The van der Waals surface area contributed by atoms with Crippen LogP contribution in [0.2, 0.25) is 0 Å². The van der Waals surface area contributed by atoms with Crippen molar-refractivity contribution in [2.45, 2.75) is 6.42 Å². The van der Waals surface area contributed by atoms with Crippen molar-refractivity contribution in [3.63, 3.8) is 0 Å². The van der Waals surface area contributed by atoms with E-state index in [1.54, 1.807) is 10.8 Å². The highest BCUT2D eigenvalue weighted by molar-refractivity contribution is 5.83. The van der Waals surface area contributed by atoms with Gasteiger partial charge in [-0.25, -0.2) is 4.98 Å². The molecular formula is C16H12N2O2. The Balaban J connectivity index is 2.19. The third-order valence-corrected chi connectivity index (χ3v) is 3.61. The molecule has 0 bridgehead atoms. The minimum atomic E-state index is -0.130. The Kier molecular flexibility index (Phi) is 2.36. The lowest BCUT2D eigenvalue weighted by Gasteiger charge is -2.12. The first-order valence-electron chi connectivity index (χ1n) is 6.57. The molecule has 4 heteroatoms. The molecule has 0 fully saturated rings. The highest BCUT2D eigenvalue weighted by Crippen LogP contribution is 2.29. The van der Waals surface area contributed by atoms with Gasteiger partial charge in [0.1, 0.15) is 5.65 Å². The maximum atomic E-state index is 12.7. The van der Waals surface area contributed by atoms with Gasteiger partial charge in [0.2, 0.25) is 0 Å². The number of hydrogen-bond donors (Lipinski definition) is 0. The molecule has 2 aromatic heterocycles. The van der Waals surface area contributed by atoms with Gasteiger partial charge in [0.05, 0.1) is 12.3 Å². The summed E-state index contributed by atoms with van der Waals surface area (Å²) in [6.45, 7) is 0.563. The lowest BCUT2D eigenvalue weighted by atomic mass is 10.1. The fourth-order valence-corrected chi connectivity index (χ4v) is 2.73. The summed E-state index contributed by atoms with van der Waals surface area (Å²) in [5, 5.41) is 0.989. The largest absolute Gasteiger partial charge is 0.487 e. The first-order valence-corrected chi connectivity index (χ1v) is 6.57. The Bertz CT molecular complexity index is 853. The summed E-state index contributed by atoms with van der Waals surface area (Å²) in [7, 11) is 0. The Morgan fingerprint density at radius 3 is 2.80 bits per heavy atom. The Morgan fingerprint density at radius 2 is 1.95 bits per heavy atom. The number of rotatable bonds is 1. The third kappa shape index (κ3) is 1.48. The molecule has 0 saturated carbocycles. The monoisotopic (exact) mass is 264 g/mol. The highest BCUT2D eigenvalue weighted by atomic mass is 16.5. The third-order valence-electron chi connectivity index (χ3n) is 3.61. The fraction of sp³-hybridized carbons (Fsp3) is 0.125. The summed E-state index contributed by atoms with van der Waals surface area (Å²) < 4.78 is 7.16. The molecule has 0 saturated heterocycles. The van der Waals surface area contributed by atoms with Crippen LogP contribution in [-0.2, 0) is 6.42 Å². The summed E-state index contributed by atoms with van der Waals surface area (Å²) >= 11 is 0. The van der Waals surface area contributed by atoms with Gasteiger partial charge >= 0.3 is 0 Å². The van der Waals surface area contributed by atoms with E-state index in [9.17, 15) is 4.79 Å². The van der Waals surface area contributed by atoms with Crippen molar-refractivity contribution in [1.82, 2.24) is 9.55 Å². The van der Waals surface area contributed by atoms with Gasteiger partial charge in [0.15, 0.2) is 5.75 Å². The van der Waals surface area contributed by atoms with E-state index in [4.69, 9.17) is 4.74 Å². The summed E-state index contributed by atoms with van der Waals surface area (Å²) in [5.74, 6) is 0.467. The van der Waals surface area contributed by atoms with Crippen LogP contribution < -0.4 is 10.3 Å². The van der Waals surface area contributed by atoms with Crippen LogP contribution in [0.1, 0.15) is 5.56 Å². The molecule has 0 unspecified atom stereocenters. The normalized spacial score (nSPS) is 13.2. The second-order valence-electron chi connectivity index (χ2n) is 4.76. The van der Waals surface area contributed by atoms with Crippen LogP contribution >= 0.6 is 0 Å². The highest BCUT2D eigenvalue weighted by Gasteiger charge is 2.23. The molecule has 3 heterocycles. The van der Waals surface area contributed by atoms with Crippen molar-refractivity contribution >= 4 is 11.0 Å². The van der Waals surface area contributed by atoms with Crippen molar-refractivity contribution in [2.24, 2.45) is 0 Å². The van der Waals surface area contributed by atoms with Gasteiger partial charge in [0.25, 0.3) is 5.56 Å². The Morgan fingerprint density at radius 1 is 1.10 bits per heavy atom. The van der Waals surface area contributed by atoms with Crippen LogP contribution in [0.4, 0.5) is 0 Å². The van der Waals surface area contributed by atoms with Crippen molar-refractivity contribution in [2.75, 3.05) is 6.61 Å². The maximum Gasteiger partial charge on any atom is 0.299 e. The van der Waals surface area contributed by atoms with Crippen LogP contribution in [0.15, 0.2) is 53.5 Å². The second kappa shape index (κ2) is 4.20. The minimum Gasteiger partial charge on any atom is -0.487 e. The number of para-hydroxylation sites is 1. The molecule has 1 aromatic carbocycles. The van der Waals surface area contributed by atoms with Crippen molar-refractivity contribution in [1.29, 1.82) is 0 Å². The predicted molar refractivity (Wildman–Crippen MR) is 76.5 cm³/mol. The number of aromatic nitrogens is 2. The zero-order chi connectivity index (χ0) is 13.5. The van der Waals surface area contributed by atoms with Gasteiger partial charge in [-0.2, -0.15) is 0 Å². The van der Waals surface area contributed by atoms with Crippen molar-refractivity contribution in [3.8, 4) is 11.4 Å². The minimum absolute atomic E-state index is 0.130. The van der Waals surface area contributed by atoms with Crippen LogP contribution in [0, 0.1) is 0 Å². The van der Waals surface area contributed by atoms with Crippen LogP contribution in [-0.4, -0.2) is 16.2 Å². The quantitative estimate of drug-likeness (QED) is 0.677. The van der Waals surface area contributed by atoms with E-state index < -0.39 is 0 Å². The number of benzene rings is 1. The molecule has 0 aliphatic carbocycles. The topological polar surface area (TPSA) is 44.1 Å². The van der Waals surface area contributed by atoms with E-state index in [1.165, 1.54) is 0 Å². The number of hydrogen-bond acceptors (Lipinski definition) is 3. The molecule has 20 heavy (non-hydrogen) atoms. The van der Waals surface area contributed by atoms with Crippen LogP contribution in [0.3, 0.4) is 0 Å². The van der Waals surface area contributed by atoms with E-state index in [2.05, 4.69) is 4.98 Å². The Hall–Kier alpha value is -2.62. The van der Waals surface area contributed by atoms with Gasteiger partial charge < -0.3 is 4.74 Å². The van der Waals surface area contributed by atoms with E-state index in [0.717, 1.165) is 23.1 Å². The molecule has 1 aliphatic rings. The van der Waals surface area contributed by atoms with Gasteiger partial charge in [-0.3, -0.25) is 9.36 Å². The van der Waals surface area contributed by atoms with Crippen molar-refractivity contribution < 1.29 is 4.74 Å². The molecule has 0 amide bonds. The van der Waals surface area contributed by atoms with Gasteiger partial charge in [-0.05, 0) is 24.3 Å². The molecule has 4 rings (SSSR count). The van der Waals surface area contributed by atoms with E-state index in [1.807, 2.05) is 42.5 Å².